The van der Waals surface area contributed by atoms with Gasteiger partial charge < -0.3 is 0 Å². The largest absolute Gasteiger partial charge is 0.268 e. The summed E-state index contributed by atoms with van der Waals surface area (Å²) in [6, 6.07) is 0. The maximum atomic E-state index is 4.68. The van der Waals surface area contributed by atoms with Crippen LogP contribution in [0.4, 0.5) is 0 Å². The lowest BCUT2D eigenvalue weighted by Crippen LogP contribution is -2.07. The van der Waals surface area contributed by atoms with Gasteiger partial charge in [-0.1, -0.05) is 27.7 Å². The molecular weight excluding hydrogens is 299 g/mol. The highest BCUT2D eigenvalue weighted by molar-refractivity contribution is 14.1. The molecule has 3 heteroatoms. The average molecular weight is 320 g/mol. The van der Waals surface area contributed by atoms with E-state index >= 15 is 0 Å². The number of hydrogen-bond donors (Lipinski definition) is 0. The number of halogens is 1. The third-order valence-corrected chi connectivity index (χ3v) is 3.89. The average Bonchev–Trinajstić information content (AvgIpc) is 2.51. The van der Waals surface area contributed by atoms with Crippen molar-refractivity contribution in [3.63, 3.8) is 0 Å². The Hall–Kier alpha value is -0.0600. The van der Waals surface area contributed by atoms with Gasteiger partial charge in [0.25, 0.3) is 0 Å². The Morgan fingerprint density at radius 3 is 2.40 bits per heavy atom. The van der Waals surface area contributed by atoms with Gasteiger partial charge in [-0.3, -0.25) is 4.68 Å². The highest BCUT2D eigenvalue weighted by Gasteiger charge is 2.12. The van der Waals surface area contributed by atoms with Crippen molar-refractivity contribution in [1.29, 1.82) is 0 Å². The molecule has 0 unspecified atom stereocenters. The monoisotopic (exact) mass is 320 g/mol. The van der Waals surface area contributed by atoms with Gasteiger partial charge in [0, 0.05) is 6.54 Å². The van der Waals surface area contributed by atoms with Crippen LogP contribution < -0.4 is 0 Å². The van der Waals surface area contributed by atoms with Crippen molar-refractivity contribution in [3.05, 3.63) is 15.0 Å². The highest BCUT2D eigenvalue weighted by atomic mass is 127. The Bertz CT molecular complexity index is 316. The molecule has 15 heavy (non-hydrogen) atoms. The number of rotatable bonds is 5. The van der Waals surface area contributed by atoms with Crippen molar-refractivity contribution in [1.82, 2.24) is 9.78 Å². The summed E-state index contributed by atoms with van der Waals surface area (Å²) in [6.45, 7) is 9.99. The Kier molecular flexibility index (Phi) is 5.09. The van der Waals surface area contributed by atoms with Gasteiger partial charge in [0.05, 0.1) is 15.0 Å². The van der Waals surface area contributed by atoms with E-state index in [1.165, 1.54) is 21.4 Å². The van der Waals surface area contributed by atoms with Crippen LogP contribution in [0.15, 0.2) is 0 Å². The number of aromatic nitrogens is 2. The van der Waals surface area contributed by atoms with Gasteiger partial charge in [-0.05, 0) is 47.8 Å². The van der Waals surface area contributed by atoms with Crippen molar-refractivity contribution in [2.45, 2.75) is 53.5 Å². The first-order valence-electron chi connectivity index (χ1n) is 5.84. The quantitative estimate of drug-likeness (QED) is 0.757. The Balaban J connectivity index is 2.86. The summed E-state index contributed by atoms with van der Waals surface area (Å²) in [5.74, 6) is 0.752. The zero-order valence-electron chi connectivity index (χ0n) is 10.2. The minimum Gasteiger partial charge on any atom is -0.268 e. The minimum absolute atomic E-state index is 0.752. The first-order valence-corrected chi connectivity index (χ1v) is 6.92. The standard InChI is InChI=1S/C12H21IN2/c1-5-10-12(13)11(6-2)15(14-10)8-7-9(3)4/h9H,5-8H2,1-4H3. The van der Waals surface area contributed by atoms with Crippen LogP contribution in [0.2, 0.25) is 0 Å². The molecule has 86 valence electrons. The molecule has 0 aliphatic carbocycles. The van der Waals surface area contributed by atoms with Gasteiger partial charge in [0.15, 0.2) is 0 Å². The minimum atomic E-state index is 0.752. The fraction of sp³-hybridized carbons (Fsp3) is 0.750. The molecular formula is C12H21IN2. The van der Waals surface area contributed by atoms with Crippen LogP contribution in [-0.4, -0.2) is 9.78 Å². The summed E-state index contributed by atoms with van der Waals surface area (Å²) in [5.41, 5.74) is 2.67. The van der Waals surface area contributed by atoms with E-state index in [-0.39, 0.29) is 0 Å². The van der Waals surface area contributed by atoms with Gasteiger partial charge in [0.2, 0.25) is 0 Å². The molecule has 0 aromatic carbocycles. The molecule has 0 radical (unpaired) electrons. The predicted molar refractivity (Wildman–Crippen MR) is 73.2 cm³/mol. The number of hydrogen-bond acceptors (Lipinski definition) is 1. The lowest BCUT2D eigenvalue weighted by molar-refractivity contribution is 0.474. The molecule has 0 amide bonds. The van der Waals surface area contributed by atoms with E-state index in [1.54, 1.807) is 0 Å². The van der Waals surface area contributed by atoms with Crippen LogP contribution in [0.3, 0.4) is 0 Å². The fourth-order valence-corrected chi connectivity index (χ4v) is 2.81. The maximum absolute atomic E-state index is 4.68. The van der Waals surface area contributed by atoms with Gasteiger partial charge >= 0.3 is 0 Å². The Morgan fingerprint density at radius 1 is 1.27 bits per heavy atom. The van der Waals surface area contributed by atoms with E-state index in [0.717, 1.165) is 25.3 Å². The van der Waals surface area contributed by atoms with Gasteiger partial charge in [-0.25, -0.2) is 0 Å². The normalized spacial score (nSPS) is 11.3. The molecule has 0 aliphatic rings. The Labute approximate surface area is 107 Å². The van der Waals surface area contributed by atoms with Crippen molar-refractivity contribution in [2.75, 3.05) is 0 Å². The zero-order chi connectivity index (χ0) is 11.4. The SMILES string of the molecule is CCc1nn(CCC(C)C)c(CC)c1I. The molecule has 2 nitrogen and oxygen atoms in total. The predicted octanol–water partition coefficient (Wildman–Crippen LogP) is 3.66. The van der Waals surface area contributed by atoms with Crippen molar-refractivity contribution < 1.29 is 0 Å². The molecule has 0 spiro atoms. The second kappa shape index (κ2) is 5.87. The summed E-state index contributed by atoms with van der Waals surface area (Å²) in [7, 11) is 0. The molecule has 0 saturated carbocycles. The summed E-state index contributed by atoms with van der Waals surface area (Å²) in [6.07, 6.45) is 3.34. The molecule has 1 rings (SSSR count). The van der Waals surface area contributed by atoms with Gasteiger partial charge in [-0.15, -0.1) is 0 Å². The van der Waals surface area contributed by atoms with Crippen LogP contribution in [0, 0.1) is 9.49 Å². The lowest BCUT2D eigenvalue weighted by atomic mass is 10.1. The fourth-order valence-electron chi connectivity index (χ4n) is 1.66. The smallest absolute Gasteiger partial charge is 0.0758 e. The third-order valence-electron chi connectivity index (χ3n) is 2.65. The molecule has 1 heterocycles. The van der Waals surface area contributed by atoms with Crippen LogP contribution in [0.5, 0.6) is 0 Å². The topological polar surface area (TPSA) is 17.8 Å². The molecule has 0 N–H and O–H groups in total. The van der Waals surface area contributed by atoms with Crippen molar-refractivity contribution >= 4 is 22.6 Å². The molecule has 0 atom stereocenters. The first kappa shape index (κ1) is 13.0. The van der Waals surface area contributed by atoms with E-state index < -0.39 is 0 Å². The Morgan fingerprint density at radius 2 is 1.93 bits per heavy atom. The molecule has 0 aliphatic heterocycles. The van der Waals surface area contributed by atoms with E-state index in [1.807, 2.05) is 0 Å². The van der Waals surface area contributed by atoms with E-state index in [9.17, 15) is 0 Å². The van der Waals surface area contributed by atoms with Crippen LogP contribution in [0.25, 0.3) is 0 Å². The summed E-state index contributed by atoms with van der Waals surface area (Å²) in [5, 5.41) is 4.68. The molecule has 1 aromatic rings. The summed E-state index contributed by atoms with van der Waals surface area (Å²) >= 11 is 2.44. The molecule has 1 aromatic heterocycles. The van der Waals surface area contributed by atoms with Gasteiger partial charge in [-0.2, -0.15) is 5.10 Å². The summed E-state index contributed by atoms with van der Waals surface area (Å²) < 4.78 is 3.59. The van der Waals surface area contributed by atoms with Crippen LogP contribution >= 0.6 is 22.6 Å². The molecule has 0 bridgehead atoms. The molecule has 0 saturated heterocycles. The number of nitrogens with zero attached hydrogens (tertiary/aromatic N) is 2. The summed E-state index contributed by atoms with van der Waals surface area (Å²) in [4.78, 5) is 0. The zero-order valence-corrected chi connectivity index (χ0v) is 12.3. The maximum Gasteiger partial charge on any atom is 0.0758 e. The van der Waals surface area contributed by atoms with E-state index in [2.05, 4.69) is 60.1 Å². The van der Waals surface area contributed by atoms with Crippen LogP contribution in [0.1, 0.15) is 45.5 Å². The lowest BCUT2D eigenvalue weighted by Gasteiger charge is -2.07. The van der Waals surface area contributed by atoms with Crippen LogP contribution in [-0.2, 0) is 19.4 Å². The van der Waals surface area contributed by atoms with Crippen molar-refractivity contribution in [3.8, 4) is 0 Å². The third kappa shape index (κ3) is 3.20. The van der Waals surface area contributed by atoms with Gasteiger partial charge in [0.1, 0.15) is 0 Å². The molecule has 0 fully saturated rings. The second-order valence-corrected chi connectivity index (χ2v) is 5.40. The highest BCUT2D eigenvalue weighted by Crippen LogP contribution is 2.19. The van der Waals surface area contributed by atoms with E-state index in [0.29, 0.717) is 0 Å². The van der Waals surface area contributed by atoms with E-state index in [4.69, 9.17) is 0 Å². The second-order valence-electron chi connectivity index (χ2n) is 4.32. The first-order chi connectivity index (χ1) is 7.10. The van der Waals surface area contributed by atoms with Crippen molar-refractivity contribution in [2.24, 2.45) is 5.92 Å². The number of aryl methyl sites for hydroxylation is 2.